The minimum atomic E-state index is -1.18. The molecule has 0 spiro atoms. The molecular formula is C9H6N4O3S. The number of aromatic amines is 1. The second-order valence-corrected chi connectivity index (χ2v) is 3.83. The fraction of sp³-hybridized carbons (Fsp3) is 0. The SMILES string of the molecule is O=C(O)c1nccnc1Sc1nccc(=O)[nH]1. The van der Waals surface area contributed by atoms with Gasteiger partial charge in [-0.05, 0) is 11.8 Å². The van der Waals surface area contributed by atoms with E-state index in [9.17, 15) is 9.59 Å². The van der Waals surface area contributed by atoms with Gasteiger partial charge in [0.15, 0.2) is 10.9 Å². The Bertz CT molecular complexity index is 613. The molecule has 7 nitrogen and oxygen atoms in total. The van der Waals surface area contributed by atoms with Crippen LogP contribution in [-0.4, -0.2) is 31.0 Å². The van der Waals surface area contributed by atoms with E-state index in [1.165, 1.54) is 24.7 Å². The van der Waals surface area contributed by atoms with Crippen molar-refractivity contribution in [3.63, 3.8) is 0 Å². The lowest BCUT2D eigenvalue weighted by Crippen LogP contribution is -2.07. The van der Waals surface area contributed by atoms with Crippen molar-refractivity contribution >= 4 is 17.7 Å². The van der Waals surface area contributed by atoms with E-state index in [1.54, 1.807) is 0 Å². The fourth-order valence-corrected chi connectivity index (χ4v) is 1.84. The largest absolute Gasteiger partial charge is 0.476 e. The molecule has 2 aromatic rings. The Morgan fingerprint density at radius 1 is 1.24 bits per heavy atom. The molecular weight excluding hydrogens is 244 g/mol. The van der Waals surface area contributed by atoms with Crippen molar-refractivity contribution in [1.82, 2.24) is 19.9 Å². The second-order valence-electron chi connectivity index (χ2n) is 2.86. The molecule has 86 valence electrons. The molecule has 2 aromatic heterocycles. The van der Waals surface area contributed by atoms with Crippen molar-refractivity contribution in [3.05, 3.63) is 40.7 Å². The van der Waals surface area contributed by atoms with E-state index >= 15 is 0 Å². The Kier molecular flexibility index (Phi) is 3.15. The second kappa shape index (κ2) is 4.74. The predicted octanol–water partition coefficient (Wildman–Crippen LogP) is 0.409. The third kappa shape index (κ3) is 2.67. The quantitative estimate of drug-likeness (QED) is 0.759. The first kappa shape index (κ1) is 11.3. The van der Waals surface area contributed by atoms with E-state index in [0.717, 1.165) is 11.8 Å². The number of nitrogens with zero attached hydrogens (tertiary/aromatic N) is 3. The molecule has 0 radical (unpaired) electrons. The van der Waals surface area contributed by atoms with Crippen LogP contribution in [0, 0.1) is 0 Å². The lowest BCUT2D eigenvalue weighted by Gasteiger charge is -2.01. The van der Waals surface area contributed by atoms with Crippen LogP contribution in [0.3, 0.4) is 0 Å². The standard InChI is InChI=1S/C9H6N4O3S/c14-5-1-2-12-9(13-5)17-7-6(8(15)16)10-3-4-11-7/h1-4H,(H,15,16)(H,12,13,14). The Labute approximate surface area is 99.0 Å². The van der Waals surface area contributed by atoms with E-state index in [1.807, 2.05) is 0 Å². The topological polar surface area (TPSA) is 109 Å². The number of rotatable bonds is 3. The van der Waals surface area contributed by atoms with Crippen LogP contribution in [0.2, 0.25) is 0 Å². The van der Waals surface area contributed by atoms with Gasteiger partial charge in [0, 0.05) is 24.7 Å². The lowest BCUT2D eigenvalue weighted by molar-refractivity contribution is 0.0685. The van der Waals surface area contributed by atoms with E-state index in [0.29, 0.717) is 0 Å². The van der Waals surface area contributed by atoms with E-state index < -0.39 is 5.97 Å². The molecule has 8 heteroatoms. The summed E-state index contributed by atoms with van der Waals surface area (Å²) < 4.78 is 0. The van der Waals surface area contributed by atoms with Crippen molar-refractivity contribution in [2.24, 2.45) is 0 Å². The third-order valence-corrected chi connectivity index (χ3v) is 2.60. The summed E-state index contributed by atoms with van der Waals surface area (Å²) in [4.78, 5) is 35.8. The van der Waals surface area contributed by atoms with Gasteiger partial charge in [0.05, 0.1) is 0 Å². The van der Waals surface area contributed by atoms with Crippen LogP contribution in [0.5, 0.6) is 0 Å². The van der Waals surface area contributed by atoms with Gasteiger partial charge in [-0.25, -0.2) is 19.7 Å². The summed E-state index contributed by atoms with van der Waals surface area (Å²) in [6.45, 7) is 0. The Hall–Kier alpha value is -2.22. The zero-order valence-corrected chi connectivity index (χ0v) is 9.14. The zero-order chi connectivity index (χ0) is 12.3. The van der Waals surface area contributed by atoms with Crippen molar-refractivity contribution in [2.45, 2.75) is 10.2 Å². The van der Waals surface area contributed by atoms with Crippen molar-refractivity contribution in [2.75, 3.05) is 0 Å². The number of hydrogen-bond donors (Lipinski definition) is 2. The van der Waals surface area contributed by atoms with Gasteiger partial charge in [-0.3, -0.25) is 4.79 Å². The summed E-state index contributed by atoms with van der Waals surface area (Å²) in [5.41, 5.74) is -0.493. The maximum Gasteiger partial charge on any atom is 0.357 e. The minimum Gasteiger partial charge on any atom is -0.476 e. The zero-order valence-electron chi connectivity index (χ0n) is 8.32. The first-order valence-corrected chi connectivity index (χ1v) is 5.26. The maximum atomic E-state index is 11.0. The van der Waals surface area contributed by atoms with Crippen molar-refractivity contribution < 1.29 is 9.90 Å². The van der Waals surface area contributed by atoms with Gasteiger partial charge in [-0.15, -0.1) is 0 Å². The van der Waals surface area contributed by atoms with Crippen LogP contribution in [0.25, 0.3) is 0 Å². The summed E-state index contributed by atoms with van der Waals surface area (Å²) in [6.07, 6.45) is 3.99. The molecule has 2 heterocycles. The molecule has 0 atom stereocenters. The third-order valence-electron chi connectivity index (χ3n) is 1.71. The number of nitrogens with one attached hydrogen (secondary N) is 1. The molecule has 2 N–H and O–H groups in total. The van der Waals surface area contributed by atoms with E-state index in [4.69, 9.17) is 5.11 Å². The summed E-state index contributed by atoms with van der Waals surface area (Å²) in [7, 11) is 0. The molecule has 0 unspecified atom stereocenters. The number of aromatic nitrogens is 4. The normalized spacial score (nSPS) is 10.1. The summed E-state index contributed by atoms with van der Waals surface area (Å²) in [6, 6.07) is 1.26. The van der Waals surface area contributed by atoms with Crippen LogP contribution in [0.4, 0.5) is 0 Å². The molecule has 0 aromatic carbocycles. The van der Waals surface area contributed by atoms with Gasteiger partial charge in [0.1, 0.15) is 5.03 Å². The first-order chi connectivity index (χ1) is 8.16. The van der Waals surface area contributed by atoms with Gasteiger partial charge < -0.3 is 10.1 Å². The summed E-state index contributed by atoms with van der Waals surface area (Å²) in [5.74, 6) is -1.18. The predicted molar refractivity (Wildman–Crippen MR) is 58.0 cm³/mol. The van der Waals surface area contributed by atoms with Crippen LogP contribution < -0.4 is 5.56 Å². The van der Waals surface area contributed by atoms with Crippen LogP contribution in [0.15, 0.2) is 39.6 Å². The van der Waals surface area contributed by atoms with Crippen LogP contribution in [0.1, 0.15) is 10.5 Å². The number of carboxylic acids is 1. The highest BCUT2D eigenvalue weighted by atomic mass is 32.2. The number of carbonyl (C=O) groups is 1. The number of aromatic carboxylic acids is 1. The average Bonchev–Trinajstić information content (AvgIpc) is 2.29. The molecule has 0 aliphatic heterocycles. The van der Waals surface area contributed by atoms with Crippen LogP contribution in [-0.2, 0) is 0 Å². The highest BCUT2D eigenvalue weighted by Crippen LogP contribution is 2.23. The van der Waals surface area contributed by atoms with Gasteiger partial charge in [-0.1, -0.05) is 0 Å². The number of carboxylic acid groups (broad SMARTS) is 1. The Morgan fingerprint density at radius 3 is 2.71 bits per heavy atom. The Morgan fingerprint density at radius 2 is 2.00 bits per heavy atom. The van der Waals surface area contributed by atoms with Crippen molar-refractivity contribution in [3.8, 4) is 0 Å². The lowest BCUT2D eigenvalue weighted by atomic mass is 10.5. The van der Waals surface area contributed by atoms with E-state index in [-0.39, 0.29) is 21.4 Å². The van der Waals surface area contributed by atoms with Gasteiger partial charge in [0.25, 0.3) is 5.56 Å². The molecule has 0 saturated heterocycles. The highest BCUT2D eigenvalue weighted by molar-refractivity contribution is 7.99. The molecule has 0 aliphatic rings. The average molecular weight is 250 g/mol. The molecule has 0 aliphatic carbocycles. The van der Waals surface area contributed by atoms with Gasteiger partial charge in [0.2, 0.25) is 0 Å². The molecule has 17 heavy (non-hydrogen) atoms. The van der Waals surface area contributed by atoms with Gasteiger partial charge >= 0.3 is 5.97 Å². The highest BCUT2D eigenvalue weighted by Gasteiger charge is 2.14. The molecule has 2 rings (SSSR count). The number of hydrogen-bond acceptors (Lipinski definition) is 6. The molecule has 0 fully saturated rings. The molecule has 0 saturated carbocycles. The maximum absolute atomic E-state index is 11.0. The monoisotopic (exact) mass is 250 g/mol. The van der Waals surface area contributed by atoms with Gasteiger partial charge in [-0.2, -0.15) is 0 Å². The van der Waals surface area contributed by atoms with Crippen LogP contribution >= 0.6 is 11.8 Å². The van der Waals surface area contributed by atoms with E-state index in [2.05, 4.69) is 19.9 Å². The van der Waals surface area contributed by atoms with Crippen molar-refractivity contribution in [1.29, 1.82) is 0 Å². The minimum absolute atomic E-state index is 0.175. The summed E-state index contributed by atoms with van der Waals surface area (Å²) >= 11 is 0.936. The molecule has 0 bridgehead atoms. The summed E-state index contributed by atoms with van der Waals surface area (Å²) in [5, 5.41) is 9.33. The first-order valence-electron chi connectivity index (χ1n) is 4.44. The Balaban J connectivity index is 2.36. The smallest absolute Gasteiger partial charge is 0.357 e. The number of H-pyrrole nitrogens is 1. The fourth-order valence-electron chi connectivity index (χ4n) is 1.04. The molecule has 0 amide bonds.